The van der Waals surface area contributed by atoms with Crippen LogP contribution in [-0.2, 0) is 14.3 Å². The van der Waals surface area contributed by atoms with Gasteiger partial charge in [0.15, 0.2) is 6.23 Å². The third-order valence-corrected chi connectivity index (χ3v) is 1.94. The highest BCUT2D eigenvalue weighted by Gasteiger charge is 2.15. The highest BCUT2D eigenvalue weighted by Crippen LogP contribution is 2.12. The smallest absolute Gasteiger partial charge is 0.243 e. The average Bonchev–Trinajstić information content (AvgIpc) is 2.50. The van der Waals surface area contributed by atoms with E-state index in [-0.39, 0.29) is 0 Å². The molecule has 0 radical (unpaired) electrons. The number of hydrogen-bond donors (Lipinski definition) is 0. The van der Waals surface area contributed by atoms with E-state index < -0.39 is 16.3 Å². The SMILES string of the molecule is CCC(OS(C)(=O)=O)n1cncn1. The molecule has 0 spiro atoms. The lowest BCUT2D eigenvalue weighted by molar-refractivity contribution is 0.123. The van der Waals surface area contributed by atoms with Gasteiger partial charge in [-0.05, 0) is 6.42 Å². The van der Waals surface area contributed by atoms with E-state index in [1.54, 1.807) is 6.92 Å². The molecule has 1 atom stereocenters. The van der Waals surface area contributed by atoms with E-state index in [9.17, 15) is 8.42 Å². The van der Waals surface area contributed by atoms with Crippen molar-refractivity contribution >= 4 is 10.1 Å². The van der Waals surface area contributed by atoms with Gasteiger partial charge in [-0.3, -0.25) is 0 Å². The first kappa shape index (κ1) is 10.1. The largest absolute Gasteiger partial charge is 0.266 e. The van der Waals surface area contributed by atoms with Crippen LogP contribution in [0.1, 0.15) is 19.6 Å². The molecule has 0 aliphatic heterocycles. The summed E-state index contributed by atoms with van der Waals surface area (Å²) in [5.74, 6) is 0. The number of aromatic nitrogens is 3. The Hall–Kier alpha value is -0.950. The summed E-state index contributed by atoms with van der Waals surface area (Å²) >= 11 is 0. The molecule has 0 N–H and O–H groups in total. The van der Waals surface area contributed by atoms with Crippen LogP contribution in [0.5, 0.6) is 0 Å². The maximum atomic E-state index is 10.8. The first-order chi connectivity index (χ1) is 6.03. The quantitative estimate of drug-likeness (QED) is 0.655. The molecule has 13 heavy (non-hydrogen) atoms. The highest BCUT2D eigenvalue weighted by atomic mass is 32.2. The molecule has 0 amide bonds. The third kappa shape index (κ3) is 3.11. The monoisotopic (exact) mass is 205 g/mol. The first-order valence-electron chi connectivity index (χ1n) is 3.75. The number of rotatable bonds is 4. The Labute approximate surface area is 76.7 Å². The summed E-state index contributed by atoms with van der Waals surface area (Å²) in [6.07, 6.45) is 3.66. The van der Waals surface area contributed by atoms with Crippen molar-refractivity contribution in [2.24, 2.45) is 0 Å². The van der Waals surface area contributed by atoms with Crippen LogP contribution in [0.25, 0.3) is 0 Å². The van der Waals surface area contributed by atoms with Crippen molar-refractivity contribution in [1.82, 2.24) is 14.8 Å². The van der Waals surface area contributed by atoms with Gasteiger partial charge in [-0.15, -0.1) is 0 Å². The number of hydrogen-bond acceptors (Lipinski definition) is 5. The van der Waals surface area contributed by atoms with Crippen LogP contribution in [0.4, 0.5) is 0 Å². The Bertz CT molecular complexity index is 345. The minimum absolute atomic E-state index is 0.510. The van der Waals surface area contributed by atoms with Gasteiger partial charge in [-0.1, -0.05) is 6.92 Å². The second kappa shape index (κ2) is 3.84. The summed E-state index contributed by atoms with van der Waals surface area (Å²) in [4.78, 5) is 3.70. The van der Waals surface area contributed by atoms with Crippen molar-refractivity contribution in [1.29, 1.82) is 0 Å². The lowest BCUT2D eigenvalue weighted by Gasteiger charge is -2.13. The second-order valence-electron chi connectivity index (χ2n) is 2.54. The standard InChI is InChI=1S/C6H11N3O3S/c1-3-6(12-13(2,10)11)9-5-7-4-8-9/h4-6H,3H2,1-2H3. The molecular formula is C6H11N3O3S. The maximum absolute atomic E-state index is 10.8. The van der Waals surface area contributed by atoms with Gasteiger partial charge in [0.25, 0.3) is 10.1 Å². The summed E-state index contributed by atoms with van der Waals surface area (Å²) in [5.41, 5.74) is 0. The van der Waals surface area contributed by atoms with Crippen molar-refractivity contribution in [3.8, 4) is 0 Å². The van der Waals surface area contributed by atoms with Crippen LogP contribution in [-0.4, -0.2) is 29.4 Å². The molecule has 0 aromatic carbocycles. The molecule has 1 unspecified atom stereocenters. The zero-order chi connectivity index (χ0) is 9.90. The van der Waals surface area contributed by atoms with E-state index in [2.05, 4.69) is 10.1 Å². The lowest BCUT2D eigenvalue weighted by atomic mass is 10.4. The molecular weight excluding hydrogens is 194 g/mol. The van der Waals surface area contributed by atoms with Gasteiger partial charge < -0.3 is 0 Å². The van der Waals surface area contributed by atoms with Crippen molar-refractivity contribution in [3.63, 3.8) is 0 Å². The van der Waals surface area contributed by atoms with Crippen LogP contribution in [0.15, 0.2) is 12.7 Å². The van der Waals surface area contributed by atoms with Crippen LogP contribution in [0.3, 0.4) is 0 Å². The lowest BCUT2D eigenvalue weighted by Crippen LogP contribution is -2.16. The second-order valence-corrected chi connectivity index (χ2v) is 4.14. The Morgan fingerprint density at radius 2 is 2.31 bits per heavy atom. The van der Waals surface area contributed by atoms with Crippen LogP contribution in [0, 0.1) is 0 Å². The zero-order valence-corrected chi connectivity index (χ0v) is 8.23. The Balaban J connectivity index is 2.76. The van der Waals surface area contributed by atoms with E-state index in [1.165, 1.54) is 17.3 Å². The topological polar surface area (TPSA) is 74.1 Å². The Morgan fingerprint density at radius 3 is 2.69 bits per heavy atom. The van der Waals surface area contributed by atoms with Crippen LogP contribution in [0.2, 0.25) is 0 Å². The molecule has 1 aromatic heterocycles. The van der Waals surface area contributed by atoms with E-state index in [0.29, 0.717) is 6.42 Å². The molecule has 0 aliphatic rings. The highest BCUT2D eigenvalue weighted by molar-refractivity contribution is 7.85. The fraction of sp³-hybridized carbons (Fsp3) is 0.667. The van der Waals surface area contributed by atoms with Gasteiger partial charge in [0.05, 0.1) is 6.26 Å². The van der Waals surface area contributed by atoms with Crippen molar-refractivity contribution in [2.75, 3.05) is 6.26 Å². The molecule has 7 heteroatoms. The zero-order valence-electron chi connectivity index (χ0n) is 7.41. The molecule has 0 saturated heterocycles. The predicted octanol–water partition coefficient (Wildman–Crippen LogP) is 0.163. The molecule has 0 bridgehead atoms. The average molecular weight is 205 g/mol. The number of nitrogens with zero attached hydrogens (tertiary/aromatic N) is 3. The molecule has 6 nitrogen and oxygen atoms in total. The predicted molar refractivity (Wildman–Crippen MR) is 45.3 cm³/mol. The molecule has 1 aromatic rings. The van der Waals surface area contributed by atoms with E-state index in [1.807, 2.05) is 0 Å². The molecule has 0 saturated carbocycles. The van der Waals surface area contributed by atoms with E-state index in [4.69, 9.17) is 4.18 Å². The first-order valence-corrected chi connectivity index (χ1v) is 5.57. The van der Waals surface area contributed by atoms with E-state index in [0.717, 1.165) is 6.26 Å². The summed E-state index contributed by atoms with van der Waals surface area (Å²) in [5, 5.41) is 3.79. The summed E-state index contributed by atoms with van der Waals surface area (Å²) < 4.78 is 27.8. The normalized spacial score (nSPS) is 14.3. The van der Waals surface area contributed by atoms with E-state index >= 15 is 0 Å². The fourth-order valence-electron chi connectivity index (χ4n) is 0.867. The van der Waals surface area contributed by atoms with Crippen molar-refractivity contribution in [2.45, 2.75) is 19.6 Å². The van der Waals surface area contributed by atoms with Crippen LogP contribution >= 0.6 is 0 Å². The van der Waals surface area contributed by atoms with Gasteiger partial charge in [0.1, 0.15) is 12.7 Å². The fourth-order valence-corrected chi connectivity index (χ4v) is 1.49. The minimum atomic E-state index is -3.45. The third-order valence-electron chi connectivity index (χ3n) is 1.37. The summed E-state index contributed by atoms with van der Waals surface area (Å²) in [6, 6.07) is 0. The minimum Gasteiger partial charge on any atom is -0.243 e. The van der Waals surface area contributed by atoms with Crippen molar-refractivity contribution < 1.29 is 12.6 Å². The molecule has 0 fully saturated rings. The molecule has 74 valence electrons. The van der Waals surface area contributed by atoms with Crippen LogP contribution < -0.4 is 0 Å². The summed E-state index contributed by atoms with van der Waals surface area (Å²) in [6.45, 7) is 1.80. The van der Waals surface area contributed by atoms with Crippen molar-refractivity contribution in [3.05, 3.63) is 12.7 Å². The van der Waals surface area contributed by atoms with Gasteiger partial charge in [-0.2, -0.15) is 13.5 Å². The van der Waals surface area contributed by atoms with Gasteiger partial charge in [0, 0.05) is 0 Å². The molecule has 0 aliphatic carbocycles. The van der Waals surface area contributed by atoms with Gasteiger partial charge in [0.2, 0.25) is 0 Å². The van der Waals surface area contributed by atoms with Gasteiger partial charge >= 0.3 is 0 Å². The summed E-state index contributed by atoms with van der Waals surface area (Å²) in [7, 11) is -3.45. The Kier molecular flexibility index (Phi) is 2.99. The maximum Gasteiger partial charge on any atom is 0.266 e. The van der Waals surface area contributed by atoms with Gasteiger partial charge in [-0.25, -0.2) is 13.8 Å². The molecule has 1 heterocycles. The Morgan fingerprint density at radius 1 is 1.62 bits per heavy atom. The molecule has 1 rings (SSSR count).